The molecule has 100 valence electrons. The lowest BCUT2D eigenvalue weighted by Crippen LogP contribution is -2.20. The minimum Gasteiger partial charge on any atom is -0.370 e. The minimum absolute atomic E-state index is 0.0240. The molecule has 20 heavy (non-hydrogen) atoms. The van der Waals surface area contributed by atoms with Crippen molar-refractivity contribution in [2.75, 3.05) is 18.0 Å². The maximum absolute atomic E-state index is 12.2. The van der Waals surface area contributed by atoms with Crippen LogP contribution in [0.15, 0.2) is 72.6 Å². The Hall–Kier alpha value is -2.55. The lowest BCUT2D eigenvalue weighted by Gasteiger charge is -2.18. The van der Waals surface area contributed by atoms with Gasteiger partial charge in [0.2, 0.25) is 0 Å². The van der Waals surface area contributed by atoms with Crippen molar-refractivity contribution in [3.05, 3.63) is 78.1 Å². The molecule has 3 rings (SSSR count). The summed E-state index contributed by atoms with van der Waals surface area (Å²) >= 11 is 0. The topological polar surface area (TPSA) is 32.3 Å². The van der Waals surface area contributed by atoms with Gasteiger partial charge in [-0.05, 0) is 12.1 Å². The monoisotopic (exact) mass is 264 g/mol. The van der Waals surface area contributed by atoms with E-state index < -0.39 is 0 Å². The second kappa shape index (κ2) is 5.61. The third kappa shape index (κ3) is 2.57. The maximum atomic E-state index is 12.2. The first-order valence-electron chi connectivity index (χ1n) is 6.72. The number of ketones is 1. The molecule has 1 saturated heterocycles. The van der Waals surface area contributed by atoms with Crippen molar-refractivity contribution < 1.29 is 4.79 Å². The molecule has 2 aromatic carbocycles. The largest absolute Gasteiger partial charge is 0.370 e. The fourth-order valence-electron chi connectivity index (χ4n) is 2.33. The van der Waals surface area contributed by atoms with E-state index in [2.05, 4.69) is 10.2 Å². The third-order valence-electron chi connectivity index (χ3n) is 3.33. The van der Waals surface area contributed by atoms with E-state index in [-0.39, 0.29) is 5.78 Å². The predicted molar refractivity (Wildman–Crippen MR) is 80.6 cm³/mol. The molecule has 0 unspecified atom stereocenters. The number of allylic oxidation sites excluding steroid dienone is 1. The second-order valence-corrected chi connectivity index (χ2v) is 4.67. The van der Waals surface area contributed by atoms with Gasteiger partial charge in [0.15, 0.2) is 5.78 Å². The van der Waals surface area contributed by atoms with Crippen molar-refractivity contribution in [3.8, 4) is 0 Å². The first kappa shape index (κ1) is 12.5. The van der Waals surface area contributed by atoms with Crippen LogP contribution in [0.2, 0.25) is 0 Å². The zero-order chi connectivity index (χ0) is 13.8. The van der Waals surface area contributed by atoms with Crippen LogP contribution >= 0.6 is 0 Å². The summed E-state index contributed by atoms with van der Waals surface area (Å²) in [6.45, 7) is 1.72. The summed E-state index contributed by atoms with van der Waals surface area (Å²) in [5, 5.41) is 3.27. The molecule has 3 nitrogen and oxygen atoms in total. The lowest BCUT2D eigenvalue weighted by atomic mass is 10.1. The van der Waals surface area contributed by atoms with Crippen LogP contribution in [-0.2, 0) is 0 Å². The number of hydrogen-bond acceptors (Lipinski definition) is 3. The quantitative estimate of drug-likeness (QED) is 0.683. The smallest absolute Gasteiger partial charge is 0.189 e. The number of hydrogen-bond donors (Lipinski definition) is 1. The number of benzene rings is 2. The number of rotatable bonds is 3. The molecule has 1 heterocycles. The second-order valence-electron chi connectivity index (χ2n) is 4.67. The summed E-state index contributed by atoms with van der Waals surface area (Å²) in [5.74, 6) is 0.890. The number of carbonyl (C=O) groups is 1. The Kier molecular flexibility index (Phi) is 3.50. The number of nitrogens with zero attached hydrogens (tertiary/aromatic N) is 1. The van der Waals surface area contributed by atoms with Crippen LogP contribution in [0, 0.1) is 0 Å². The molecular formula is C17H16N2O. The van der Waals surface area contributed by atoms with Crippen molar-refractivity contribution >= 4 is 11.5 Å². The number of para-hydroxylation sites is 1. The SMILES string of the molecule is O=C(/C=C1\NCCN1c1ccccc1)c1ccccc1. The summed E-state index contributed by atoms with van der Waals surface area (Å²) in [4.78, 5) is 14.4. The van der Waals surface area contributed by atoms with Gasteiger partial charge in [-0.15, -0.1) is 0 Å². The number of anilines is 1. The normalized spacial score (nSPS) is 16.2. The van der Waals surface area contributed by atoms with Crippen LogP contribution in [-0.4, -0.2) is 18.9 Å². The molecule has 1 fully saturated rings. The Labute approximate surface area is 118 Å². The van der Waals surface area contributed by atoms with Crippen LogP contribution in [0.4, 0.5) is 5.69 Å². The van der Waals surface area contributed by atoms with E-state index in [1.54, 1.807) is 6.08 Å². The standard InChI is InChI=1S/C17H16N2O/c20-16(14-7-3-1-4-8-14)13-17-18-11-12-19(17)15-9-5-2-6-10-15/h1-10,13,18H,11-12H2/b17-13+. The Morgan fingerprint density at radius 1 is 1.00 bits per heavy atom. The van der Waals surface area contributed by atoms with Crippen molar-refractivity contribution in [2.24, 2.45) is 0 Å². The van der Waals surface area contributed by atoms with Crippen molar-refractivity contribution in [3.63, 3.8) is 0 Å². The molecule has 0 atom stereocenters. The van der Waals surface area contributed by atoms with Gasteiger partial charge in [-0.25, -0.2) is 0 Å². The number of nitrogens with one attached hydrogen (secondary N) is 1. The Morgan fingerprint density at radius 2 is 1.65 bits per heavy atom. The molecular weight excluding hydrogens is 248 g/mol. The van der Waals surface area contributed by atoms with Gasteiger partial charge < -0.3 is 10.2 Å². The summed E-state index contributed by atoms with van der Waals surface area (Å²) in [5.41, 5.74) is 1.81. The van der Waals surface area contributed by atoms with Gasteiger partial charge in [0, 0.05) is 30.4 Å². The molecule has 0 amide bonds. The van der Waals surface area contributed by atoms with Crippen LogP contribution in [0.1, 0.15) is 10.4 Å². The molecule has 3 heteroatoms. The van der Waals surface area contributed by atoms with E-state index in [4.69, 9.17) is 0 Å². The van der Waals surface area contributed by atoms with Gasteiger partial charge in [0.25, 0.3) is 0 Å². The summed E-state index contributed by atoms with van der Waals surface area (Å²) in [6, 6.07) is 19.4. The average molecular weight is 264 g/mol. The molecule has 0 saturated carbocycles. The van der Waals surface area contributed by atoms with E-state index in [1.165, 1.54) is 0 Å². The van der Waals surface area contributed by atoms with Gasteiger partial charge in [-0.3, -0.25) is 4.79 Å². The molecule has 0 aromatic heterocycles. The highest BCUT2D eigenvalue weighted by atomic mass is 16.1. The van der Waals surface area contributed by atoms with Crippen LogP contribution < -0.4 is 10.2 Å². The van der Waals surface area contributed by atoms with Crippen LogP contribution in [0.3, 0.4) is 0 Å². The van der Waals surface area contributed by atoms with Gasteiger partial charge in [-0.1, -0.05) is 48.5 Å². The highest BCUT2D eigenvalue weighted by molar-refractivity contribution is 6.05. The highest BCUT2D eigenvalue weighted by Crippen LogP contribution is 2.20. The van der Waals surface area contributed by atoms with Crippen LogP contribution in [0.25, 0.3) is 0 Å². The van der Waals surface area contributed by atoms with Gasteiger partial charge >= 0.3 is 0 Å². The van der Waals surface area contributed by atoms with E-state index in [1.807, 2.05) is 60.7 Å². The van der Waals surface area contributed by atoms with Gasteiger partial charge in [0.1, 0.15) is 5.82 Å². The van der Waals surface area contributed by atoms with Crippen molar-refractivity contribution in [1.82, 2.24) is 5.32 Å². The van der Waals surface area contributed by atoms with Gasteiger partial charge in [-0.2, -0.15) is 0 Å². The van der Waals surface area contributed by atoms with Crippen LogP contribution in [0.5, 0.6) is 0 Å². The van der Waals surface area contributed by atoms with E-state index in [0.717, 1.165) is 24.6 Å². The summed E-state index contributed by atoms with van der Waals surface area (Å²) in [7, 11) is 0. The zero-order valence-corrected chi connectivity index (χ0v) is 11.1. The lowest BCUT2D eigenvalue weighted by molar-refractivity contribution is 0.104. The first-order valence-corrected chi connectivity index (χ1v) is 6.72. The van der Waals surface area contributed by atoms with Gasteiger partial charge in [0.05, 0.1) is 0 Å². The molecule has 0 aliphatic carbocycles. The van der Waals surface area contributed by atoms with Crippen molar-refractivity contribution in [1.29, 1.82) is 0 Å². The maximum Gasteiger partial charge on any atom is 0.189 e. The zero-order valence-electron chi connectivity index (χ0n) is 11.1. The van der Waals surface area contributed by atoms with Crippen molar-refractivity contribution in [2.45, 2.75) is 0 Å². The third-order valence-corrected chi connectivity index (χ3v) is 3.33. The Bertz CT molecular complexity index is 620. The Balaban J connectivity index is 1.86. The molecule has 0 radical (unpaired) electrons. The molecule has 1 N–H and O–H groups in total. The average Bonchev–Trinajstić information content (AvgIpc) is 2.97. The highest BCUT2D eigenvalue weighted by Gasteiger charge is 2.19. The molecule has 2 aromatic rings. The Morgan fingerprint density at radius 3 is 2.35 bits per heavy atom. The molecule has 1 aliphatic heterocycles. The van der Waals surface area contributed by atoms with E-state index in [0.29, 0.717) is 5.56 Å². The summed E-state index contributed by atoms with van der Waals surface area (Å²) < 4.78 is 0. The molecule has 1 aliphatic rings. The molecule has 0 spiro atoms. The fourth-order valence-corrected chi connectivity index (χ4v) is 2.33. The summed E-state index contributed by atoms with van der Waals surface area (Å²) in [6.07, 6.45) is 1.68. The molecule has 0 bridgehead atoms. The minimum atomic E-state index is 0.0240. The van der Waals surface area contributed by atoms with E-state index in [9.17, 15) is 4.79 Å². The van der Waals surface area contributed by atoms with E-state index >= 15 is 0 Å². The predicted octanol–water partition coefficient (Wildman–Crippen LogP) is 2.82. The number of carbonyl (C=O) groups excluding carboxylic acids is 1. The first-order chi connectivity index (χ1) is 9.84. The fraction of sp³-hybridized carbons (Fsp3) is 0.118.